The lowest BCUT2D eigenvalue weighted by atomic mass is 9.93. The molecule has 1 atom stereocenters. The van der Waals surface area contributed by atoms with Crippen LogP contribution in [0.15, 0.2) is 22.5 Å². The fourth-order valence-corrected chi connectivity index (χ4v) is 8.14. The van der Waals surface area contributed by atoms with Crippen LogP contribution in [0.1, 0.15) is 45.4 Å². The number of thioether (sulfide) groups is 1. The third kappa shape index (κ3) is 5.11. The van der Waals surface area contributed by atoms with Crippen LogP contribution in [-0.2, 0) is 14.6 Å². The number of fused-ring (bicyclic) bond motifs is 1. The summed E-state index contributed by atoms with van der Waals surface area (Å²) in [5.74, 6) is 1.48. The number of nitrogens with zero attached hydrogens (tertiary/aromatic N) is 2. The number of aromatic nitrogens is 1. The van der Waals surface area contributed by atoms with Gasteiger partial charge in [-0.1, -0.05) is 31.0 Å². The van der Waals surface area contributed by atoms with Crippen molar-refractivity contribution in [1.82, 2.24) is 9.88 Å². The van der Waals surface area contributed by atoms with Gasteiger partial charge in [-0.2, -0.15) is 0 Å². The van der Waals surface area contributed by atoms with Crippen molar-refractivity contribution < 1.29 is 17.9 Å². The smallest absolute Gasteiger partial charge is 0.233 e. The van der Waals surface area contributed by atoms with Gasteiger partial charge in [0.2, 0.25) is 5.91 Å². The minimum atomic E-state index is -3.03. The molecule has 2 aromatic rings. The Balaban J connectivity index is 1.46. The van der Waals surface area contributed by atoms with Crippen LogP contribution in [0.25, 0.3) is 10.2 Å². The zero-order chi connectivity index (χ0) is 21.1. The average Bonchev–Trinajstić information content (AvgIpc) is 3.29. The first-order valence-corrected chi connectivity index (χ1v) is 14.3. The van der Waals surface area contributed by atoms with Crippen LogP contribution in [0.4, 0.5) is 0 Å². The fourth-order valence-electron chi connectivity index (χ4n) is 4.46. The molecule has 6 nitrogen and oxygen atoms in total. The molecular formula is C21H28N2O4S3. The summed E-state index contributed by atoms with van der Waals surface area (Å²) in [5, 5.41) is 0. The molecule has 164 valence electrons. The third-order valence-corrected chi connectivity index (χ3v) is 9.72. The summed E-state index contributed by atoms with van der Waals surface area (Å²) in [5.41, 5.74) is 0.907. The van der Waals surface area contributed by atoms with Gasteiger partial charge in [0.15, 0.2) is 14.2 Å². The summed E-state index contributed by atoms with van der Waals surface area (Å²) >= 11 is 3.01. The van der Waals surface area contributed by atoms with Crippen molar-refractivity contribution in [2.45, 2.75) is 61.9 Å². The molecule has 0 radical (unpaired) electrons. The van der Waals surface area contributed by atoms with E-state index in [-0.39, 0.29) is 29.5 Å². The number of thiazole rings is 1. The second-order valence-electron chi connectivity index (χ2n) is 7.98. The Bertz CT molecular complexity index is 999. The van der Waals surface area contributed by atoms with Gasteiger partial charge >= 0.3 is 0 Å². The quantitative estimate of drug-likeness (QED) is 0.569. The molecule has 2 aliphatic rings. The Morgan fingerprint density at radius 2 is 2.03 bits per heavy atom. The molecule has 0 spiro atoms. The van der Waals surface area contributed by atoms with Crippen molar-refractivity contribution >= 4 is 49.1 Å². The van der Waals surface area contributed by atoms with Gasteiger partial charge in [0.25, 0.3) is 0 Å². The number of hydrogen-bond acceptors (Lipinski definition) is 7. The summed E-state index contributed by atoms with van der Waals surface area (Å²) in [6.45, 7) is 2.58. The summed E-state index contributed by atoms with van der Waals surface area (Å²) in [7, 11) is -3.03. The normalized spacial score (nSPS) is 21.7. The standard InChI is InChI=1S/C21H28N2O4S3/c1-2-27-17-8-9-18-19(12-17)29-21(22-18)28-13-20(24)23(15-6-4-3-5-7-15)16-10-11-30(25,26)14-16/h8-9,12,15-16H,2-7,10-11,13-14H2,1H3/t16-/m1/s1. The van der Waals surface area contributed by atoms with E-state index in [9.17, 15) is 13.2 Å². The van der Waals surface area contributed by atoms with E-state index in [1.165, 1.54) is 18.2 Å². The molecule has 1 aliphatic carbocycles. The first kappa shape index (κ1) is 21.9. The van der Waals surface area contributed by atoms with Gasteiger partial charge in [-0.15, -0.1) is 11.3 Å². The van der Waals surface area contributed by atoms with Gasteiger partial charge in [0.05, 0.1) is 34.1 Å². The van der Waals surface area contributed by atoms with E-state index in [0.29, 0.717) is 18.8 Å². The lowest BCUT2D eigenvalue weighted by Gasteiger charge is -2.38. The zero-order valence-electron chi connectivity index (χ0n) is 17.2. The number of benzene rings is 1. The van der Waals surface area contributed by atoms with Gasteiger partial charge < -0.3 is 9.64 Å². The SMILES string of the molecule is CCOc1ccc2nc(SCC(=O)N(C3CCCCC3)[C@@H]3CCS(=O)(=O)C3)sc2c1. The highest BCUT2D eigenvalue weighted by molar-refractivity contribution is 8.01. The highest BCUT2D eigenvalue weighted by Crippen LogP contribution is 2.33. The molecule has 2 heterocycles. The number of rotatable bonds is 7. The van der Waals surface area contributed by atoms with E-state index in [4.69, 9.17) is 4.74 Å². The maximum atomic E-state index is 13.2. The second kappa shape index (κ2) is 9.44. The van der Waals surface area contributed by atoms with Gasteiger partial charge in [-0.05, 0) is 44.4 Å². The lowest BCUT2D eigenvalue weighted by Crippen LogP contribution is -2.49. The highest BCUT2D eigenvalue weighted by Gasteiger charge is 2.38. The van der Waals surface area contributed by atoms with Gasteiger partial charge in [0.1, 0.15) is 5.75 Å². The van der Waals surface area contributed by atoms with Gasteiger partial charge in [-0.25, -0.2) is 13.4 Å². The largest absolute Gasteiger partial charge is 0.494 e. The van der Waals surface area contributed by atoms with Crippen molar-refractivity contribution in [2.24, 2.45) is 0 Å². The van der Waals surface area contributed by atoms with Crippen LogP contribution in [0, 0.1) is 0 Å². The molecule has 1 saturated carbocycles. The van der Waals surface area contributed by atoms with E-state index in [1.807, 2.05) is 30.0 Å². The predicted molar refractivity (Wildman–Crippen MR) is 122 cm³/mol. The second-order valence-corrected chi connectivity index (χ2v) is 12.5. The van der Waals surface area contributed by atoms with Gasteiger partial charge in [0, 0.05) is 12.1 Å². The van der Waals surface area contributed by atoms with Crippen molar-refractivity contribution in [3.05, 3.63) is 18.2 Å². The summed E-state index contributed by atoms with van der Waals surface area (Å²) in [6.07, 6.45) is 5.95. The Labute approximate surface area is 186 Å². The third-order valence-electron chi connectivity index (χ3n) is 5.83. The molecule has 4 rings (SSSR count). The van der Waals surface area contributed by atoms with E-state index >= 15 is 0 Å². The molecule has 0 unspecified atom stereocenters. The molecule has 30 heavy (non-hydrogen) atoms. The first-order chi connectivity index (χ1) is 14.4. The number of ether oxygens (including phenoxy) is 1. The summed E-state index contributed by atoms with van der Waals surface area (Å²) in [6, 6.07) is 5.85. The molecule has 1 amide bonds. The lowest BCUT2D eigenvalue weighted by molar-refractivity contribution is -0.133. The van der Waals surface area contributed by atoms with E-state index in [1.54, 1.807) is 11.3 Å². The van der Waals surface area contributed by atoms with E-state index < -0.39 is 9.84 Å². The maximum absolute atomic E-state index is 13.2. The van der Waals surface area contributed by atoms with Gasteiger partial charge in [-0.3, -0.25) is 4.79 Å². The molecule has 9 heteroatoms. The maximum Gasteiger partial charge on any atom is 0.233 e. The molecule has 1 saturated heterocycles. The average molecular weight is 469 g/mol. The minimum Gasteiger partial charge on any atom is -0.494 e. The number of carbonyl (C=O) groups is 1. The number of hydrogen-bond donors (Lipinski definition) is 0. The van der Waals surface area contributed by atoms with Crippen molar-refractivity contribution in [3.63, 3.8) is 0 Å². The number of amides is 1. The Morgan fingerprint density at radius 3 is 2.73 bits per heavy atom. The molecule has 2 fully saturated rings. The summed E-state index contributed by atoms with van der Waals surface area (Å²) in [4.78, 5) is 19.8. The molecule has 0 N–H and O–H groups in total. The summed E-state index contributed by atoms with van der Waals surface area (Å²) < 4.78 is 31.5. The molecule has 1 aromatic heterocycles. The van der Waals surface area contributed by atoms with E-state index in [0.717, 1.165) is 46.0 Å². The molecular weight excluding hydrogens is 440 g/mol. The first-order valence-electron chi connectivity index (χ1n) is 10.6. The minimum absolute atomic E-state index is 0.0447. The van der Waals surface area contributed by atoms with Crippen LogP contribution in [0.3, 0.4) is 0 Å². The Morgan fingerprint density at radius 1 is 1.23 bits per heavy atom. The van der Waals surface area contributed by atoms with Crippen LogP contribution < -0.4 is 4.74 Å². The van der Waals surface area contributed by atoms with Crippen LogP contribution in [0.2, 0.25) is 0 Å². The van der Waals surface area contributed by atoms with Crippen molar-refractivity contribution in [2.75, 3.05) is 23.9 Å². The molecule has 1 aliphatic heterocycles. The van der Waals surface area contributed by atoms with E-state index in [2.05, 4.69) is 4.98 Å². The predicted octanol–water partition coefficient (Wildman–Crippen LogP) is 4.14. The van der Waals surface area contributed by atoms with Crippen molar-refractivity contribution in [3.8, 4) is 5.75 Å². The number of carbonyl (C=O) groups excluding carboxylic acids is 1. The van der Waals surface area contributed by atoms with Crippen molar-refractivity contribution in [1.29, 1.82) is 0 Å². The van der Waals surface area contributed by atoms with Crippen LogP contribution >= 0.6 is 23.1 Å². The Kier molecular flexibility index (Phi) is 6.89. The van der Waals surface area contributed by atoms with Crippen LogP contribution in [-0.4, -0.2) is 60.2 Å². The highest BCUT2D eigenvalue weighted by atomic mass is 32.2. The number of sulfone groups is 1. The molecule has 0 bridgehead atoms. The zero-order valence-corrected chi connectivity index (χ0v) is 19.7. The monoisotopic (exact) mass is 468 g/mol. The Hall–Kier alpha value is -1.32. The van der Waals surface area contributed by atoms with Crippen LogP contribution in [0.5, 0.6) is 5.75 Å². The topological polar surface area (TPSA) is 76.6 Å². The fraction of sp³-hybridized carbons (Fsp3) is 0.619. The molecule has 1 aromatic carbocycles.